The highest BCUT2D eigenvalue weighted by Gasteiger charge is 2.31. The Morgan fingerprint density at radius 1 is 0.944 bits per heavy atom. The van der Waals surface area contributed by atoms with Crippen LogP contribution in [0.15, 0.2) is 78.9 Å². The lowest BCUT2D eigenvalue weighted by Crippen LogP contribution is -2.52. The number of rotatable bonds is 12. The summed E-state index contributed by atoms with van der Waals surface area (Å²) in [4.78, 5) is 28.9. The second-order valence-corrected chi connectivity index (χ2v) is 10.6. The molecular formula is C29H32Cl2N2O2S. The normalized spacial score (nSPS) is 12.6. The predicted molar refractivity (Wildman–Crippen MR) is 151 cm³/mol. The highest BCUT2D eigenvalue weighted by Crippen LogP contribution is 2.23. The molecule has 0 aliphatic rings. The van der Waals surface area contributed by atoms with Crippen LogP contribution in [0.3, 0.4) is 0 Å². The van der Waals surface area contributed by atoms with Gasteiger partial charge in [0.2, 0.25) is 11.8 Å². The number of thioether (sulfide) groups is 1. The Morgan fingerprint density at radius 2 is 1.64 bits per heavy atom. The standard InChI is InChI=1S/C29H32Cl2N2O2S/c1-3-21(2)32-29(35)27(17-22-10-5-4-6-11-22)33(18-24-13-7-8-15-26(24)31)28(34)20-36-19-23-12-9-14-25(30)16-23/h4-16,21,27H,3,17-20H2,1-2H3,(H,32,35)/t21-,27+/m0/s1. The summed E-state index contributed by atoms with van der Waals surface area (Å²) in [5.74, 6) is 0.615. The molecule has 7 heteroatoms. The van der Waals surface area contributed by atoms with E-state index in [1.165, 1.54) is 11.8 Å². The van der Waals surface area contributed by atoms with Gasteiger partial charge < -0.3 is 10.2 Å². The van der Waals surface area contributed by atoms with Gasteiger partial charge in [-0.05, 0) is 48.2 Å². The summed E-state index contributed by atoms with van der Waals surface area (Å²) in [5.41, 5.74) is 2.85. The molecule has 190 valence electrons. The maximum absolute atomic E-state index is 13.7. The predicted octanol–water partition coefficient (Wildman–Crippen LogP) is 6.78. The number of nitrogens with one attached hydrogen (secondary N) is 1. The maximum atomic E-state index is 13.7. The molecule has 0 aliphatic heterocycles. The zero-order valence-electron chi connectivity index (χ0n) is 20.6. The first kappa shape index (κ1) is 28.1. The highest BCUT2D eigenvalue weighted by atomic mass is 35.5. The van der Waals surface area contributed by atoms with Crippen molar-refractivity contribution >= 4 is 46.8 Å². The van der Waals surface area contributed by atoms with Crippen LogP contribution < -0.4 is 5.32 Å². The van der Waals surface area contributed by atoms with E-state index in [2.05, 4.69) is 5.32 Å². The van der Waals surface area contributed by atoms with Gasteiger partial charge in [0, 0.05) is 34.8 Å². The molecule has 0 aromatic heterocycles. The number of benzene rings is 3. The fourth-order valence-corrected chi connectivity index (χ4v) is 5.04. The first-order chi connectivity index (χ1) is 17.4. The minimum atomic E-state index is -0.669. The van der Waals surface area contributed by atoms with E-state index >= 15 is 0 Å². The molecule has 0 spiro atoms. The maximum Gasteiger partial charge on any atom is 0.243 e. The number of hydrogen-bond donors (Lipinski definition) is 1. The van der Waals surface area contributed by atoms with Gasteiger partial charge in [0.05, 0.1) is 5.75 Å². The summed E-state index contributed by atoms with van der Waals surface area (Å²) in [6.07, 6.45) is 1.22. The number of nitrogens with zero attached hydrogens (tertiary/aromatic N) is 1. The molecule has 0 fully saturated rings. The van der Waals surface area contributed by atoms with Gasteiger partial charge in [-0.2, -0.15) is 0 Å². The van der Waals surface area contributed by atoms with Crippen molar-refractivity contribution in [2.45, 2.75) is 51.1 Å². The molecule has 3 aromatic rings. The lowest BCUT2D eigenvalue weighted by atomic mass is 10.0. The highest BCUT2D eigenvalue weighted by molar-refractivity contribution is 7.99. The molecule has 3 rings (SSSR count). The summed E-state index contributed by atoms with van der Waals surface area (Å²) >= 11 is 14.1. The summed E-state index contributed by atoms with van der Waals surface area (Å²) in [6, 6.07) is 24.2. The lowest BCUT2D eigenvalue weighted by molar-refractivity contribution is -0.139. The Bertz CT molecular complexity index is 1140. The number of carbonyl (C=O) groups excluding carboxylic acids is 2. The molecule has 0 radical (unpaired) electrons. The third kappa shape index (κ3) is 8.58. The van der Waals surface area contributed by atoms with Gasteiger partial charge in [-0.3, -0.25) is 9.59 Å². The minimum Gasteiger partial charge on any atom is -0.352 e. The van der Waals surface area contributed by atoms with Gasteiger partial charge >= 0.3 is 0 Å². The summed E-state index contributed by atoms with van der Waals surface area (Å²) in [6.45, 7) is 4.25. The van der Waals surface area contributed by atoms with E-state index in [9.17, 15) is 9.59 Å². The number of amides is 2. The largest absolute Gasteiger partial charge is 0.352 e. The molecule has 0 saturated heterocycles. The fraction of sp³-hybridized carbons (Fsp3) is 0.310. The smallest absolute Gasteiger partial charge is 0.243 e. The van der Waals surface area contributed by atoms with Crippen LogP contribution in [0.2, 0.25) is 10.0 Å². The van der Waals surface area contributed by atoms with E-state index in [1.54, 1.807) is 11.0 Å². The Morgan fingerprint density at radius 3 is 2.33 bits per heavy atom. The topological polar surface area (TPSA) is 49.4 Å². The summed E-state index contributed by atoms with van der Waals surface area (Å²) in [7, 11) is 0. The average molecular weight is 544 g/mol. The molecule has 0 aliphatic carbocycles. The van der Waals surface area contributed by atoms with Crippen LogP contribution >= 0.6 is 35.0 Å². The van der Waals surface area contributed by atoms with E-state index in [0.717, 1.165) is 23.1 Å². The molecule has 2 atom stereocenters. The number of hydrogen-bond acceptors (Lipinski definition) is 3. The van der Waals surface area contributed by atoms with Crippen molar-refractivity contribution in [2.24, 2.45) is 0 Å². The third-order valence-corrected chi connectivity index (χ3v) is 7.55. The molecule has 1 N–H and O–H groups in total. The Labute approximate surface area is 228 Å². The molecule has 36 heavy (non-hydrogen) atoms. The quantitative estimate of drug-likeness (QED) is 0.274. The molecule has 0 unspecified atom stereocenters. The van der Waals surface area contributed by atoms with Crippen molar-refractivity contribution in [3.8, 4) is 0 Å². The zero-order valence-corrected chi connectivity index (χ0v) is 23.0. The van der Waals surface area contributed by atoms with Crippen molar-refractivity contribution in [3.63, 3.8) is 0 Å². The average Bonchev–Trinajstić information content (AvgIpc) is 2.87. The van der Waals surface area contributed by atoms with E-state index in [4.69, 9.17) is 23.2 Å². The Kier molecular flexibility index (Phi) is 11.2. The van der Waals surface area contributed by atoms with E-state index < -0.39 is 6.04 Å². The number of carbonyl (C=O) groups is 2. The van der Waals surface area contributed by atoms with Crippen LogP contribution in [0.5, 0.6) is 0 Å². The van der Waals surface area contributed by atoms with Crippen molar-refractivity contribution in [1.29, 1.82) is 0 Å². The van der Waals surface area contributed by atoms with Gasteiger partial charge in [0.15, 0.2) is 0 Å². The van der Waals surface area contributed by atoms with Crippen molar-refractivity contribution in [3.05, 3.63) is 106 Å². The Balaban J connectivity index is 1.86. The van der Waals surface area contributed by atoms with Crippen molar-refractivity contribution in [2.75, 3.05) is 5.75 Å². The SMILES string of the molecule is CC[C@H](C)NC(=O)[C@@H](Cc1ccccc1)N(Cc1ccccc1Cl)C(=O)CSCc1cccc(Cl)c1. The van der Waals surface area contributed by atoms with Gasteiger partial charge in [-0.15, -0.1) is 11.8 Å². The van der Waals surface area contributed by atoms with Crippen LogP contribution in [0, 0.1) is 0 Å². The fourth-order valence-electron chi connectivity index (χ4n) is 3.77. The second kappa shape index (κ2) is 14.3. The molecular weight excluding hydrogens is 511 g/mol. The van der Waals surface area contributed by atoms with Crippen LogP contribution in [0.4, 0.5) is 0 Å². The van der Waals surface area contributed by atoms with Crippen LogP contribution in [0.25, 0.3) is 0 Å². The van der Waals surface area contributed by atoms with E-state index in [1.807, 2.05) is 86.6 Å². The lowest BCUT2D eigenvalue weighted by Gasteiger charge is -2.32. The third-order valence-electron chi connectivity index (χ3n) is 5.95. The van der Waals surface area contributed by atoms with Gasteiger partial charge in [-0.25, -0.2) is 0 Å². The molecule has 0 heterocycles. The van der Waals surface area contributed by atoms with Gasteiger partial charge in [-0.1, -0.05) is 90.8 Å². The first-order valence-electron chi connectivity index (χ1n) is 12.1. The van der Waals surface area contributed by atoms with Crippen LogP contribution in [0.1, 0.15) is 37.0 Å². The molecule has 3 aromatic carbocycles. The first-order valence-corrected chi connectivity index (χ1v) is 14.0. The second-order valence-electron chi connectivity index (χ2n) is 8.76. The van der Waals surface area contributed by atoms with Gasteiger partial charge in [0.25, 0.3) is 0 Å². The van der Waals surface area contributed by atoms with Crippen LogP contribution in [-0.4, -0.2) is 34.6 Å². The van der Waals surface area contributed by atoms with Crippen LogP contribution in [-0.2, 0) is 28.3 Å². The molecule has 2 amide bonds. The molecule has 0 saturated carbocycles. The summed E-state index contributed by atoms with van der Waals surface area (Å²) in [5, 5.41) is 4.33. The molecule has 0 bridgehead atoms. The zero-order chi connectivity index (χ0) is 25.9. The van der Waals surface area contributed by atoms with Crippen molar-refractivity contribution in [1.82, 2.24) is 10.2 Å². The Hall–Kier alpha value is -2.47. The van der Waals surface area contributed by atoms with E-state index in [-0.39, 0.29) is 30.2 Å². The summed E-state index contributed by atoms with van der Waals surface area (Å²) < 4.78 is 0. The van der Waals surface area contributed by atoms with E-state index in [0.29, 0.717) is 22.2 Å². The van der Waals surface area contributed by atoms with Gasteiger partial charge in [0.1, 0.15) is 6.04 Å². The molecule has 4 nitrogen and oxygen atoms in total. The minimum absolute atomic E-state index is 0.00485. The van der Waals surface area contributed by atoms with Crippen molar-refractivity contribution < 1.29 is 9.59 Å². The monoisotopic (exact) mass is 542 g/mol. The number of halogens is 2.